The zero-order valence-corrected chi connectivity index (χ0v) is 16.1. The Morgan fingerprint density at radius 3 is 2.21 bits per heavy atom. The summed E-state index contributed by atoms with van der Waals surface area (Å²) in [5, 5.41) is 5.95. The molecular weight excluding hydrogens is 362 g/mol. The van der Waals surface area contributed by atoms with Crippen molar-refractivity contribution in [1.82, 2.24) is 15.7 Å². The van der Waals surface area contributed by atoms with Crippen LogP contribution in [0.4, 0.5) is 4.79 Å². The highest BCUT2D eigenvalue weighted by molar-refractivity contribution is 6.20. The minimum atomic E-state index is -0.967. The Kier molecular flexibility index (Phi) is 5.96. The van der Waals surface area contributed by atoms with E-state index in [0.29, 0.717) is 11.5 Å². The van der Waals surface area contributed by atoms with E-state index in [2.05, 4.69) is 10.6 Å². The van der Waals surface area contributed by atoms with Crippen LogP contribution in [0.1, 0.15) is 66.7 Å². The van der Waals surface area contributed by atoms with E-state index in [1.54, 1.807) is 12.1 Å². The van der Waals surface area contributed by atoms with Crippen molar-refractivity contribution < 1.29 is 24.0 Å². The lowest BCUT2D eigenvalue weighted by Crippen LogP contribution is -2.50. The van der Waals surface area contributed by atoms with E-state index >= 15 is 0 Å². The maximum atomic E-state index is 12.6. The van der Waals surface area contributed by atoms with E-state index in [1.165, 1.54) is 12.1 Å². The average Bonchev–Trinajstić information content (AvgIpc) is 3.24. The first-order chi connectivity index (χ1) is 13.4. The maximum Gasteiger partial charge on any atom is 0.355 e. The summed E-state index contributed by atoms with van der Waals surface area (Å²) in [4.78, 5) is 54.7. The van der Waals surface area contributed by atoms with Crippen LogP contribution in [-0.4, -0.2) is 41.0 Å². The van der Waals surface area contributed by atoms with Crippen LogP contribution >= 0.6 is 0 Å². The van der Waals surface area contributed by atoms with Crippen molar-refractivity contribution in [2.45, 2.75) is 58.0 Å². The Hall–Kier alpha value is -2.90. The number of urea groups is 1. The van der Waals surface area contributed by atoms with Gasteiger partial charge in [-0.25, -0.2) is 9.59 Å². The number of nitrogens with one attached hydrogen (secondary N) is 2. The molecule has 8 nitrogen and oxygen atoms in total. The highest BCUT2D eigenvalue weighted by Gasteiger charge is 2.40. The normalized spacial score (nSPS) is 17.6. The van der Waals surface area contributed by atoms with E-state index in [1.807, 2.05) is 13.8 Å². The second kappa shape index (κ2) is 8.41. The van der Waals surface area contributed by atoms with Gasteiger partial charge in [0, 0.05) is 6.04 Å². The minimum absolute atomic E-state index is 0.0894. The Labute approximate surface area is 163 Å². The molecular formula is C20H25N3O5. The molecule has 1 aliphatic carbocycles. The first kappa shape index (κ1) is 19.9. The molecule has 2 N–H and O–H groups in total. The van der Waals surface area contributed by atoms with Crippen molar-refractivity contribution in [3.63, 3.8) is 0 Å². The number of benzene rings is 1. The van der Waals surface area contributed by atoms with E-state index < -0.39 is 29.9 Å². The molecule has 1 atom stereocenters. The number of rotatable bonds is 6. The first-order valence-electron chi connectivity index (χ1n) is 9.63. The van der Waals surface area contributed by atoms with Gasteiger partial charge in [-0.3, -0.25) is 9.59 Å². The van der Waals surface area contributed by atoms with E-state index in [9.17, 15) is 19.2 Å². The number of fused-ring (bicyclic) bond motifs is 1. The molecule has 1 unspecified atom stereocenters. The van der Waals surface area contributed by atoms with Gasteiger partial charge in [-0.1, -0.05) is 43.9 Å². The molecule has 0 spiro atoms. The van der Waals surface area contributed by atoms with Gasteiger partial charge in [0.05, 0.1) is 11.1 Å². The van der Waals surface area contributed by atoms with Gasteiger partial charge in [-0.15, -0.1) is 0 Å². The molecule has 0 radical (unpaired) electrons. The molecule has 4 amide bonds. The third-order valence-electron chi connectivity index (χ3n) is 4.93. The summed E-state index contributed by atoms with van der Waals surface area (Å²) in [6.07, 6.45) is 4.30. The largest absolute Gasteiger partial charge is 0.355 e. The van der Waals surface area contributed by atoms with Crippen LogP contribution in [0.25, 0.3) is 0 Å². The first-order valence-corrected chi connectivity index (χ1v) is 9.63. The number of hydroxylamine groups is 2. The second-order valence-corrected chi connectivity index (χ2v) is 7.64. The molecule has 1 saturated carbocycles. The number of nitrogens with zero attached hydrogens (tertiary/aromatic N) is 1. The van der Waals surface area contributed by atoms with Gasteiger partial charge in [0.15, 0.2) is 0 Å². The summed E-state index contributed by atoms with van der Waals surface area (Å²) in [6, 6.07) is 4.96. The Balaban J connectivity index is 1.65. The summed E-state index contributed by atoms with van der Waals surface area (Å²) < 4.78 is 0. The average molecular weight is 387 g/mol. The lowest BCUT2D eigenvalue weighted by atomic mass is 10.0. The highest BCUT2D eigenvalue weighted by atomic mass is 16.7. The second-order valence-electron chi connectivity index (χ2n) is 7.64. The molecule has 0 aromatic heterocycles. The van der Waals surface area contributed by atoms with Crippen molar-refractivity contribution in [3.05, 3.63) is 35.4 Å². The number of hydrogen-bond donors (Lipinski definition) is 2. The number of carbonyl (C=O) groups is 4. The van der Waals surface area contributed by atoms with Crippen molar-refractivity contribution in [2.24, 2.45) is 5.92 Å². The quantitative estimate of drug-likeness (QED) is 0.729. The predicted octanol–water partition coefficient (Wildman–Crippen LogP) is 2.40. The van der Waals surface area contributed by atoms with Crippen LogP contribution in [0.5, 0.6) is 0 Å². The molecule has 1 aliphatic heterocycles. The van der Waals surface area contributed by atoms with Crippen molar-refractivity contribution in [1.29, 1.82) is 0 Å². The Morgan fingerprint density at radius 1 is 1.11 bits per heavy atom. The molecule has 0 saturated heterocycles. The number of carbonyl (C=O) groups excluding carboxylic acids is 4. The summed E-state index contributed by atoms with van der Waals surface area (Å²) >= 11 is 0. The van der Waals surface area contributed by atoms with Crippen LogP contribution in [-0.2, 0) is 9.63 Å². The standard InChI is InChI=1S/C20H25N3O5/c1-12(2)11-16(22-20(27)21-13-7-3-4-8-13)19(26)28-23-17(24)14-9-5-6-10-15(14)18(23)25/h5-6,9-10,12-13,16H,3-4,7-8,11H2,1-2H3,(H2,21,22,27). The number of hydrogen-bond acceptors (Lipinski definition) is 5. The fourth-order valence-corrected chi connectivity index (χ4v) is 3.54. The van der Waals surface area contributed by atoms with Crippen molar-refractivity contribution in [2.75, 3.05) is 0 Å². The van der Waals surface area contributed by atoms with Crippen LogP contribution in [0.15, 0.2) is 24.3 Å². The molecule has 150 valence electrons. The lowest BCUT2D eigenvalue weighted by molar-refractivity contribution is -0.171. The summed E-state index contributed by atoms with van der Waals surface area (Å²) in [5.41, 5.74) is 0.375. The summed E-state index contributed by atoms with van der Waals surface area (Å²) in [6.45, 7) is 3.80. The number of imide groups is 1. The van der Waals surface area contributed by atoms with Gasteiger partial charge in [-0.2, -0.15) is 0 Å². The fraction of sp³-hybridized carbons (Fsp3) is 0.500. The molecule has 1 aromatic rings. The van der Waals surface area contributed by atoms with Gasteiger partial charge >= 0.3 is 12.0 Å². The molecule has 1 fully saturated rings. The van der Waals surface area contributed by atoms with Crippen molar-refractivity contribution in [3.8, 4) is 0 Å². The molecule has 0 bridgehead atoms. The van der Waals surface area contributed by atoms with Crippen LogP contribution < -0.4 is 10.6 Å². The molecule has 1 heterocycles. The maximum absolute atomic E-state index is 12.6. The van der Waals surface area contributed by atoms with E-state index in [-0.39, 0.29) is 23.1 Å². The van der Waals surface area contributed by atoms with Gasteiger partial charge in [0.25, 0.3) is 11.8 Å². The third-order valence-corrected chi connectivity index (χ3v) is 4.93. The fourth-order valence-electron chi connectivity index (χ4n) is 3.54. The Bertz CT molecular complexity index is 751. The van der Waals surface area contributed by atoms with Crippen LogP contribution in [0.3, 0.4) is 0 Å². The molecule has 2 aliphatic rings. The van der Waals surface area contributed by atoms with E-state index in [0.717, 1.165) is 25.7 Å². The topological polar surface area (TPSA) is 105 Å². The van der Waals surface area contributed by atoms with Gasteiger partial charge in [0.1, 0.15) is 6.04 Å². The van der Waals surface area contributed by atoms with E-state index in [4.69, 9.17) is 4.84 Å². The summed E-state index contributed by atoms with van der Waals surface area (Å²) in [7, 11) is 0. The Morgan fingerprint density at radius 2 is 1.68 bits per heavy atom. The minimum Gasteiger partial charge on any atom is -0.335 e. The van der Waals surface area contributed by atoms with Gasteiger partial charge < -0.3 is 15.5 Å². The smallest absolute Gasteiger partial charge is 0.335 e. The summed E-state index contributed by atoms with van der Waals surface area (Å²) in [5.74, 6) is -2.13. The SMILES string of the molecule is CC(C)CC(NC(=O)NC1CCCC1)C(=O)ON1C(=O)c2ccccc2C1=O. The third kappa shape index (κ3) is 4.32. The van der Waals surface area contributed by atoms with Gasteiger partial charge in [-0.05, 0) is 37.3 Å². The molecule has 8 heteroatoms. The van der Waals surface area contributed by atoms with Crippen LogP contribution in [0, 0.1) is 5.92 Å². The zero-order valence-electron chi connectivity index (χ0n) is 16.1. The molecule has 3 rings (SSSR count). The predicted molar refractivity (Wildman–Crippen MR) is 100 cm³/mol. The van der Waals surface area contributed by atoms with Crippen molar-refractivity contribution >= 4 is 23.8 Å². The zero-order chi connectivity index (χ0) is 20.3. The van der Waals surface area contributed by atoms with Crippen LogP contribution in [0.2, 0.25) is 0 Å². The van der Waals surface area contributed by atoms with Gasteiger partial charge in [0.2, 0.25) is 0 Å². The monoisotopic (exact) mass is 387 g/mol. The molecule has 1 aromatic carbocycles. The molecule has 28 heavy (non-hydrogen) atoms. The highest BCUT2D eigenvalue weighted by Crippen LogP contribution is 2.23. The number of amides is 4. The lowest BCUT2D eigenvalue weighted by Gasteiger charge is -2.22.